The molecule has 0 saturated carbocycles. The van der Waals surface area contributed by atoms with Crippen molar-refractivity contribution in [3.05, 3.63) is 51.8 Å². The zero-order chi connectivity index (χ0) is 14.9. The minimum absolute atomic E-state index is 0.0753. The minimum atomic E-state index is -4.43. The molecule has 20 heavy (non-hydrogen) atoms. The van der Waals surface area contributed by atoms with Gasteiger partial charge < -0.3 is 5.73 Å². The lowest BCUT2D eigenvalue weighted by Crippen LogP contribution is -2.19. The van der Waals surface area contributed by atoms with E-state index in [1.165, 1.54) is 6.07 Å². The van der Waals surface area contributed by atoms with Gasteiger partial charge >= 0.3 is 6.18 Å². The highest BCUT2D eigenvalue weighted by molar-refractivity contribution is 9.10. The van der Waals surface area contributed by atoms with Gasteiger partial charge in [0.1, 0.15) is 0 Å². The van der Waals surface area contributed by atoms with Gasteiger partial charge in [0.2, 0.25) is 0 Å². The number of nitrogens with two attached hydrogens (primary N) is 1. The molecule has 0 aliphatic heterocycles. The van der Waals surface area contributed by atoms with Gasteiger partial charge in [-0.1, -0.05) is 22.0 Å². The molecule has 0 bridgehead atoms. The largest absolute Gasteiger partial charge is 0.416 e. The van der Waals surface area contributed by atoms with Crippen LogP contribution in [0.3, 0.4) is 0 Å². The molecule has 2 aromatic rings. The van der Waals surface area contributed by atoms with Crippen LogP contribution in [0.15, 0.2) is 34.9 Å². The highest BCUT2D eigenvalue weighted by Crippen LogP contribution is 2.36. The Kier molecular flexibility index (Phi) is 4.19. The van der Waals surface area contributed by atoms with Gasteiger partial charge in [-0.15, -0.1) is 0 Å². The number of aryl methyl sites for hydroxylation is 1. The zero-order valence-corrected chi connectivity index (χ0v) is 12.2. The van der Waals surface area contributed by atoms with Crippen molar-refractivity contribution in [2.45, 2.75) is 18.6 Å². The molecule has 1 atom stereocenters. The maximum Gasteiger partial charge on any atom is 0.416 e. The van der Waals surface area contributed by atoms with Crippen LogP contribution in [0.5, 0.6) is 0 Å². The third-order valence-corrected chi connectivity index (χ3v) is 3.41. The first-order valence-corrected chi connectivity index (χ1v) is 6.67. The van der Waals surface area contributed by atoms with Crippen LogP contribution in [0.4, 0.5) is 13.2 Å². The molecule has 7 heteroatoms. The Hall–Kier alpha value is -1.34. The summed E-state index contributed by atoms with van der Waals surface area (Å²) in [6, 6.07) is 5.00. The van der Waals surface area contributed by atoms with E-state index in [-0.39, 0.29) is 12.0 Å². The van der Waals surface area contributed by atoms with Crippen molar-refractivity contribution in [3.63, 3.8) is 0 Å². The van der Waals surface area contributed by atoms with Gasteiger partial charge in [0, 0.05) is 30.2 Å². The second-order valence-electron chi connectivity index (χ2n) is 4.52. The molecule has 0 saturated heterocycles. The fourth-order valence-corrected chi connectivity index (χ4v) is 2.37. The number of aromatic nitrogens is 2. The molecule has 2 N–H and O–H groups in total. The van der Waals surface area contributed by atoms with E-state index in [0.717, 1.165) is 6.07 Å². The lowest BCUT2D eigenvalue weighted by atomic mass is 9.97. The fourth-order valence-electron chi connectivity index (χ4n) is 2.00. The number of benzene rings is 1. The van der Waals surface area contributed by atoms with Crippen LogP contribution in [0.1, 0.15) is 22.9 Å². The molecule has 1 aromatic heterocycles. The lowest BCUT2D eigenvalue weighted by molar-refractivity contribution is -0.138. The molecule has 1 unspecified atom stereocenters. The first kappa shape index (κ1) is 15.1. The Morgan fingerprint density at radius 2 is 2.05 bits per heavy atom. The molecule has 0 spiro atoms. The number of alkyl halides is 3. The van der Waals surface area contributed by atoms with Gasteiger partial charge in [-0.25, -0.2) is 0 Å². The van der Waals surface area contributed by atoms with E-state index in [4.69, 9.17) is 5.73 Å². The van der Waals surface area contributed by atoms with Gasteiger partial charge in [0.05, 0.1) is 11.3 Å². The fraction of sp³-hybridized carbons (Fsp3) is 0.308. The van der Waals surface area contributed by atoms with E-state index in [1.807, 2.05) is 0 Å². The van der Waals surface area contributed by atoms with Gasteiger partial charge in [-0.2, -0.15) is 18.3 Å². The predicted octanol–water partition coefficient (Wildman–Crippen LogP) is 3.44. The maximum atomic E-state index is 13.0. The third-order valence-electron chi connectivity index (χ3n) is 2.92. The molecule has 108 valence electrons. The molecular formula is C13H13BrF3N3. The molecule has 0 fully saturated rings. The molecule has 3 nitrogen and oxygen atoms in total. The van der Waals surface area contributed by atoms with Crippen LogP contribution >= 0.6 is 15.9 Å². The molecule has 0 radical (unpaired) electrons. The summed E-state index contributed by atoms with van der Waals surface area (Å²) in [6.45, 7) is 0. The van der Waals surface area contributed by atoms with E-state index in [1.54, 1.807) is 30.1 Å². The molecule has 0 amide bonds. The number of hydrogen-bond donors (Lipinski definition) is 1. The Morgan fingerprint density at radius 3 is 2.60 bits per heavy atom. The van der Waals surface area contributed by atoms with E-state index in [0.29, 0.717) is 10.2 Å². The standard InChI is InChI=1S/C13H13BrF3N3/c1-20-5-4-9(19-20)7-12(18)10-3-2-8(14)6-11(10)13(15,16)17/h2-6,12H,7,18H2,1H3. The number of halogens is 4. The van der Waals surface area contributed by atoms with Gasteiger partial charge in [0.15, 0.2) is 0 Å². The normalized spacial score (nSPS) is 13.5. The van der Waals surface area contributed by atoms with Crippen LogP contribution in [0.25, 0.3) is 0 Å². The van der Waals surface area contributed by atoms with Crippen LogP contribution in [0.2, 0.25) is 0 Å². The minimum Gasteiger partial charge on any atom is -0.324 e. The van der Waals surface area contributed by atoms with E-state index >= 15 is 0 Å². The number of nitrogens with zero attached hydrogens (tertiary/aromatic N) is 2. The highest BCUT2D eigenvalue weighted by Gasteiger charge is 2.34. The quantitative estimate of drug-likeness (QED) is 0.924. The van der Waals surface area contributed by atoms with Crippen molar-refractivity contribution in [3.8, 4) is 0 Å². The Bertz CT molecular complexity index is 607. The average Bonchev–Trinajstić information content (AvgIpc) is 2.73. The van der Waals surface area contributed by atoms with Crippen LogP contribution < -0.4 is 5.73 Å². The Morgan fingerprint density at radius 1 is 1.35 bits per heavy atom. The second-order valence-corrected chi connectivity index (χ2v) is 5.44. The summed E-state index contributed by atoms with van der Waals surface area (Å²) in [7, 11) is 1.75. The lowest BCUT2D eigenvalue weighted by Gasteiger charge is -2.18. The average molecular weight is 348 g/mol. The number of hydrogen-bond acceptors (Lipinski definition) is 2. The smallest absolute Gasteiger partial charge is 0.324 e. The van der Waals surface area contributed by atoms with Gasteiger partial charge in [-0.3, -0.25) is 4.68 Å². The van der Waals surface area contributed by atoms with Crippen molar-refractivity contribution in [2.75, 3.05) is 0 Å². The summed E-state index contributed by atoms with van der Waals surface area (Å²) in [5.41, 5.74) is 5.94. The summed E-state index contributed by atoms with van der Waals surface area (Å²) in [5.74, 6) is 0. The number of rotatable bonds is 3. The predicted molar refractivity (Wildman–Crippen MR) is 73.0 cm³/mol. The van der Waals surface area contributed by atoms with E-state index in [9.17, 15) is 13.2 Å². The van der Waals surface area contributed by atoms with Gasteiger partial charge in [0.25, 0.3) is 0 Å². The van der Waals surface area contributed by atoms with Gasteiger partial charge in [-0.05, 0) is 23.8 Å². The SMILES string of the molecule is Cn1ccc(CC(N)c2ccc(Br)cc2C(F)(F)F)n1. The van der Waals surface area contributed by atoms with Crippen molar-refractivity contribution < 1.29 is 13.2 Å². The monoisotopic (exact) mass is 347 g/mol. The second kappa shape index (κ2) is 5.57. The summed E-state index contributed by atoms with van der Waals surface area (Å²) < 4.78 is 41.1. The maximum absolute atomic E-state index is 13.0. The van der Waals surface area contributed by atoms with Crippen molar-refractivity contribution in [1.82, 2.24) is 9.78 Å². The molecular weight excluding hydrogens is 335 g/mol. The molecule has 1 aromatic carbocycles. The summed E-state index contributed by atoms with van der Waals surface area (Å²) in [4.78, 5) is 0. The summed E-state index contributed by atoms with van der Waals surface area (Å²) >= 11 is 3.05. The molecule has 0 aliphatic rings. The van der Waals surface area contributed by atoms with Crippen LogP contribution in [0, 0.1) is 0 Å². The topological polar surface area (TPSA) is 43.8 Å². The molecule has 2 rings (SSSR count). The highest BCUT2D eigenvalue weighted by atomic mass is 79.9. The van der Waals surface area contributed by atoms with Crippen molar-refractivity contribution >= 4 is 15.9 Å². The third kappa shape index (κ3) is 3.40. The summed E-state index contributed by atoms with van der Waals surface area (Å²) in [6.07, 6.45) is -2.44. The zero-order valence-electron chi connectivity index (χ0n) is 10.7. The molecule has 1 heterocycles. The van der Waals surface area contributed by atoms with Crippen molar-refractivity contribution in [1.29, 1.82) is 0 Å². The first-order valence-electron chi connectivity index (χ1n) is 5.88. The molecule has 0 aliphatic carbocycles. The van der Waals surface area contributed by atoms with Crippen LogP contribution in [-0.4, -0.2) is 9.78 Å². The Balaban J connectivity index is 2.32. The van der Waals surface area contributed by atoms with Crippen LogP contribution in [-0.2, 0) is 19.6 Å². The first-order chi connectivity index (χ1) is 9.27. The summed E-state index contributed by atoms with van der Waals surface area (Å²) in [5, 5.41) is 4.13. The van der Waals surface area contributed by atoms with Crippen molar-refractivity contribution in [2.24, 2.45) is 12.8 Å². The van der Waals surface area contributed by atoms with E-state index < -0.39 is 17.8 Å². The Labute approximate surface area is 122 Å². The van der Waals surface area contributed by atoms with E-state index in [2.05, 4.69) is 21.0 Å².